The van der Waals surface area contributed by atoms with Gasteiger partial charge in [0.25, 0.3) is 0 Å². The third-order valence-electron chi connectivity index (χ3n) is 8.82. The molecule has 0 radical (unpaired) electrons. The van der Waals surface area contributed by atoms with Crippen molar-refractivity contribution in [3.05, 3.63) is 23.3 Å². The van der Waals surface area contributed by atoms with Crippen LogP contribution < -0.4 is 0 Å². The highest BCUT2D eigenvalue weighted by molar-refractivity contribution is 5.87. The van der Waals surface area contributed by atoms with E-state index in [1.165, 1.54) is 6.92 Å². The van der Waals surface area contributed by atoms with E-state index in [2.05, 4.69) is 13.8 Å². The zero-order chi connectivity index (χ0) is 25.1. The number of hydrogen-bond acceptors (Lipinski definition) is 7. The summed E-state index contributed by atoms with van der Waals surface area (Å²) < 4.78 is 16.8. The van der Waals surface area contributed by atoms with Gasteiger partial charge in [0.1, 0.15) is 25.6 Å². The van der Waals surface area contributed by atoms with E-state index in [0.29, 0.717) is 25.0 Å². The lowest BCUT2D eigenvalue weighted by Gasteiger charge is -2.62. The average molecular weight is 475 g/mol. The quantitative estimate of drug-likeness (QED) is 0.223. The first kappa shape index (κ1) is 26.2. The zero-order valence-electron chi connectivity index (χ0n) is 21.1. The van der Waals surface area contributed by atoms with Gasteiger partial charge in [-0.2, -0.15) is 0 Å². The predicted octanol–water partition coefficient (Wildman–Crippen LogP) is 4.34. The van der Waals surface area contributed by atoms with Crippen molar-refractivity contribution in [2.75, 3.05) is 13.2 Å². The fourth-order valence-electron chi connectivity index (χ4n) is 6.58. The second kappa shape index (κ2) is 10.4. The van der Waals surface area contributed by atoms with Crippen LogP contribution in [0.1, 0.15) is 73.1 Å². The molecule has 7 heteroatoms. The maximum Gasteiger partial charge on any atom is 0.333 e. The average Bonchev–Trinajstić information content (AvgIpc) is 3.23. The molecular weight excluding hydrogens is 436 g/mol. The van der Waals surface area contributed by atoms with E-state index in [9.17, 15) is 19.2 Å². The summed E-state index contributed by atoms with van der Waals surface area (Å²) in [7, 11) is 0. The monoisotopic (exact) mass is 474 g/mol. The van der Waals surface area contributed by atoms with E-state index in [1.54, 1.807) is 26.0 Å². The molecule has 188 valence electrons. The van der Waals surface area contributed by atoms with Gasteiger partial charge >= 0.3 is 17.9 Å². The van der Waals surface area contributed by atoms with Crippen molar-refractivity contribution in [3.8, 4) is 0 Å². The predicted molar refractivity (Wildman–Crippen MR) is 125 cm³/mol. The topological polar surface area (TPSA) is 96.0 Å². The SMILES string of the molecule is C/C=C(\C)C(=O)OC[C@]12C(C=O)CCC[C@@H]1[C@@](C)(CCC1=CC(=O)OC1)[C@H](C)C[C@@H]2OC(C)=O. The van der Waals surface area contributed by atoms with Crippen LogP contribution in [0.4, 0.5) is 0 Å². The van der Waals surface area contributed by atoms with Crippen molar-refractivity contribution in [1.29, 1.82) is 0 Å². The van der Waals surface area contributed by atoms with Crippen LogP contribution >= 0.6 is 0 Å². The van der Waals surface area contributed by atoms with Gasteiger partial charge in [-0.05, 0) is 68.8 Å². The highest BCUT2D eigenvalue weighted by atomic mass is 16.6. The van der Waals surface area contributed by atoms with Gasteiger partial charge in [-0.15, -0.1) is 0 Å². The van der Waals surface area contributed by atoms with Gasteiger partial charge < -0.3 is 19.0 Å². The van der Waals surface area contributed by atoms with E-state index in [1.807, 2.05) is 0 Å². The Kier molecular flexibility index (Phi) is 8.04. The van der Waals surface area contributed by atoms with E-state index < -0.39 is 23.5 Å². The Balaban J connectivity index is 2.02. The van der Waals surface area contributed by atoms with Crippen molar-refractivity contribution in [2.24, 2.45) is 28.6 Å². The second-order valence-corrected chi connectivity index (χ2v) is 10.5. The number of ether oxygens (including phenoxy) is 3. The molecule has 2 fully saturated rings. The summed E-state index contributed by atoms with van der Waals surface area (Å²) in [6.07, 6.45) is 8.28. The number of cyclic esters (lactones) is 1. The van der Waals surface area contributed by atoms with E-state index in [4.69, 9.17) is 14.2 Å². The first-order valence-electron chi connectivity index (χ1n) is 12.4. The fourth-order valence-corrected chi connectivity index (χ4v) is 6.58. The second-order valence-electron chi connectivity index (χ2n) is 10.5. The molecule has 3 rings (SSSR count). The molecule has 2 aliphatic carbocycles. The molecule has 34 heavy (non-hydrogen) atoms. The van der Waals surface area contributed by atoms with Gasteiger partial charge in [0, 0.05) is 24.5 Å². The number of hydrogen-bond donors (Lipinski definition) is 0. The molecular formula is C27H38O7. The number of aldehydes is 1. The molecule has 0 amide bonds. The minimum absolute atomic E-state index is 0.00869. The summed E-state index contributed by atoms with van der Waals surface area (Å²) in [6, 6.07) is 0. The molecule has 0 aromatic rings. The minimum atomic E-state index is -0.785. The number of esters is 3. The summed E-state index contributed by atoms with van der Waals surface area (Å²) >= 11 is 0. The van der Waals surface area contributed by atoms with Gasteiger partial charge in [0.05, 0.1) is 5.41 Å². The normalized spacial score (nSPS) is 35.6. The van der Waals surface area contributed by atoms with Crippen molar-refractivity contribution in [1.82, 2.24) is 0 Å². The van der Waals surface area contributed by atoms with Gasteiger partial charge in [-0.25, -0.2) is 9.59 Å². The van der Waals surface area contributed by atoms with Gasteiger partial charge in [0.15, 0.2) is 0 Å². The first-order chi connectivity index (χ1) is 16.1. The fraction of sp³-hybridized carbons (Fsp3) is 0.704. The molecule has 7 nitrogen and oxygen atoms in total. The molecule has 0 spiro atoms. The van der Waals surface area contributed by atoms with Crippen LogP contribution in [0.5, 0.6) is 0 Å². The van der Waals surface area contributed by atoms with Gasteiger partial charge in [0.2, 0.25) is 0 Å². The Morgan fingerprint density at radius 3 is 2.59 bits per heavy atom. The smallest absolute Gasteiger partial charge is 0.333 e. The molecule has 3 aliphatic rings. The van der Waals surface area contributed by atoms with Crippen molar-refractivity contribution < 1.29 is 33.4 Å². The van der Waals surface area contributed by atoms with E-state index >= 15 is 0 Å². The Labute approximate surface area is 202 Å². The highest BCUT2D eigenvalue weighted by Crippen LogP contribution is 2.64. The number of carbonyl (C=O) groups is 4. The maximum atomic E-state index is 12.6. The van der Waals surface area contributed by atoms with Gasteiger partial charge in [-0.3, -0.25) is 4.79 Å². The van der Waals surface area contributed by atoms with Crippen LogP contribution in [0.3, 0.4) is 0 Å². The lowest BCUT2D eigenvalue weighted by molar-refractivity contribution is -0.221. The number of carbonyl (C=O) groups excluding carboxylic acids is 4. The Hall–Kier alpha value is -2.44. The molecule has 0 aromatic carbocycles. The standard InChI is InChI=1S/C27H38O7/c1-6-17(2)25(31)33-16-27-21(14-28)8-7-9-22(27)26(5,11-10-20-13-24(30)32-15-20)18(3)12-23(27)34-19(4)29/h6,13-14,18,21-23H,7-12,15-16H2,1-5H3/b17-6+/t18-,21?,22-,23+,26+,27+/m1/s1. The van der Waals surface area contributed by atoms with E-state index in [0.717, 1.165) is 37.5 Å². The largest absolute Gasteiger partial charge is 0.462 e. The zero-order valence-corrected chi connectivity index (χ0v) is 21.1. The molecule has 0 N–H and O–H groups in total. The molecule has 0 aromatic heterocycles. The summed E-state index contributed by atoms with van der Waals surface area (Å²) in [4.78, 5) is 48.7. The maximum absolute atomic E-state index is 12.6. The Morgan fingerprint density at radius 1 is 1.26 bits per heavy atom. The van der Waals surface area contributed by atoms with Crippen molar-refractivity contribution in [3.63, 3.8) is 0 Å². The van der Waals surface area contributed by atoms with Crippen LogP contribution in [0, 0.1) is 28.6 Å². The van der Waals surface area contributed by atoms with Crippen LogP contribution in [0.15, 0.2) is 23.3 Å². The molecule has 1 aliphatic heterocycles. The van der Waals surface area contributed by atoms with Crippen molar-refractivity contribution >= 4 is 24.2 Å². The summed E-state index contributed by atoms with van der Waals surface area (Å²) in [5.41, 5.74) is 0.490. The molecule has 2 saturated carbocycles. The third kappa shape index (κ3) is 4.84. The summed E-state index contributed by atoms with van der Waals surface area (Å²) in [5.74, 6) is -1.28. The van der Waals surface area contributed by atoms with E-state index in [-0.39, 0.29) is 35.7 Å². The molecule has 1 heterocycles. The molecule has 0 saturated heterocycles. The number of allylic oxidation sites excluding steroid dienone is 1. The summed E-state index contributed by atoms with van der Waals surface area (Å²) in [6.45, 7) is 9.64. The van der Waals surface area contributed by atoms with Gasteiger partial charge in [-0.1, -0.05) is 26.3 Å². The summed E-state index contributed by atoms with van der Waals surface area (Å²) in [5, 5.41) is 0. The van der Waals surface area contributed by atoms with Crippen LogP contribution in [0.2, 0.25) is 0 Å². The number of rotatable bonds is 8. The van der Waals surface area contributed by atoms with Crippen LogP contribution in [-0.4, -0.2) is 43.5 Å². The lowest BCUT2D eigenvalue weighted by Crippen LogP contribution is -2.64. The molecule has 0 bridgehead atoms. The van der Waals surface area contributed by atoms with Crippen LogP contribution in [0.25, 0.3) is 0 Å². The molecule has 6 atom stereocenters. The Morgan fingerprint density at radius 2 is 2.00 bits per heavy atom. The first-order valence-corrected chi connectivity index (χ1v) is 12.4. The lowest BCUT2D eigenvalue weighted by atomic mass is 9.43. The highest BCUT2D eigenvalue weighted by Gasteiger charge is 2.64. The third-order valence-corrected chi connectivity index (χ3v) is 8.82. The van der Waals surface area contributed by atoms with Crippen molar-refractivity contribution in [2.45, 2.75) is 79.2 Å². The minimum Gasteiger partial charge on any atom is -0.462 e. The number of fused-ring (bicyclic) bond motifs is 1. The Bertz CT molecular complexity index is 887. The van der Waals surface area contributed by atoms with Crippen LogP contribution in [-0.2, 0) is 33.4 Å². The molecule has 1 unspecified atom stereocenters.